The van der Waals surface area contributed by atoms with Crippen LogP contribution in [0.15, 0.2) is 36.4 Å². The van der Waals surface area contributed by atoms with Crippen molar-refractivity contribution in [2.24, 2.45) is 0 Å². The molecule has 2 aromatic carbocycles. The van der Waals surface area contributed by atoms with E-state index in [1.807, 2.05) is 0 Å². The maximum atomic E-state index is 3.54. The highest BCUT2D eigenvalue weighted by Crippen LogP contribution is 2.42. The molecule has 0 amide bonds. The van der Waals surface area contributed by atoms with Crippen molar-refractivity contribution in [1.29, 1.82) is 0 Å². The maximum Gasteiger partial charge on any atom is 0.123 e. The molecule has 2 aliphatic heterocycles. The van der Waals surface area contributed by atoms with Gasteiger partial charge in [-0.3, -0.25) is 0 Å². The topological polar surface area (TPSA) is 48.1 Å². The Morgan fingerprint density at radius 3 is 2.00 bits per heavy atom. The molecule has 0 aliphatic carbocycles. The van der Waals surface area contributed by atoms with Gasteiger partial charge in [-0.25, -0.2) is 0 Å². The number of anilines is 4. The highest BCUT2D eigenvalue weighted by atomic mass is 15.2. The van der Waals surface area contributed by atoms with Crippen LogP contribution in [-0.4, -0.2) is 6.17 Å². The zero-order valence-electron chi connectivity index (χ0n) is 11.6. The molecule has 2 aliphatic rings. The van der Waals surface area contributed by atoms with E-state index in [0.29, 0.717) is 6.17 Å². The van der Waals surface area contributed by atoms with Gasteiger partial charge in [0.05, 0.1) is 28.9 Å². The van der Waals surface area contributed by atoms with Crippen LogP contribution in [0.4, 0.5) is 22.7 Å². The van der Waals surface area contributed by atoms with Gasteiger partial charge in [-0.2, -0.15) is 0 Å². The number of nitrogens with one attached hydrogen (secondary N) is 4. The Morgan fingerprint density at radius 2 is 1.40 bits per heavy atom. The van der Waals surface area contributed by atoms with E-state index in [4.69, 9.17) is 0 Å². The van der Waals surface area contributed by atoms with Crippen LogP contribution in [0.5, 0.6) is 0 Å². The van der Waals surface area contributed by atoms with Gasteiger partial charge in [-0.15, -0.1) is 0 Å². The Morgan fingerprint density at radius 1 is 0.800 bits per heavy atom. The molecule has 0 saturated carbocycles. The predicted molar refractivity (Wildman–Crippen MR) is 84.3 cm³/mol. The summed E-state index contributed by atoms with van der Waals surface area (Å²) in [6.45, 7) is 4.23. The van der Waals surface area contributed by atoms with Crippen molar-refractivity contribution < 1.29 is 0 Å². The number of hydrogen-bond acceptors (Lipinski definition) is 4. The van der Waals surface area contributed by atoms with E-state index in [1.165, 1.54) is 11.1 Å². The van der Waals surface area contributed by atoms with Crippen LogP contribution in [0.2, 0.25) is 0 Å². The van der Waals surface area contributed by atoms with Crippen molar-refractivity contribution in [2.45, 2.75) is 26.2 Å². The average Bonchev–Trinajstić information content (AvgIpc) is 2.97. The molecular formula is C16H18N4. The van der Waals surface area contributed by atoms with Gasteiger partial charge in [0.25, 0.3) is 0 Å². The van der Waals surface area contributed by atoms with E-state index >= 15 is 0 Å². The Labute approximate surface area is 118 Å². The molecule has 0 fully saturated rings. The van der Waals surface area contributed by atoms with Crippen molar-refractivity contribution >= 4 is 22.7 Å². The van der Waals surface area contributed by atoms with Gasteiger partial charge >= 0.3 is 0 Å². The van der Waals surface area contributed by atoms with Crippen LogP contribution < -0.4 is 21.3 Å². The van der Waals surface area contributed by atoms with Gasteiger partial charge in [0.1, 0.15) is 6.17 Å². The first-order valence-electron chi connectivity index (χ1n) is 7.00. The van der Waals surface area contributed by atoms with Gasteiger partial charge in [0.15, 0.2) is 0 Å². The monoisotopic (exact) mass is 266 g/mol. The van der Waals surface area contributed by atoms with Gasteiger partial charge in [0, 0.05) is 0 Å². The fourth-order valence-electron chi connectivity index (χ4n) is 2.94. The normalized spacial score (nSPS) is 16.7. The Kier molecular flexibility index (Phi) is 2.33. The molecule has 2 heterocycles. The van der Waals surface area contributed by atoms with Gasteiger partial charge in [0.2, 0.25) is 0 Å². The lowest BCUT2D eigenvalue weighted by Crippen LogP contribution is -2.16. The standard InChI is InChI=1S/C16H18N4/c1-9-4-3-5-11(6-9)16-19-14-7-12-13(8-15(14)20-16)18-10(2)17-12/h3-8,10,16-20H,1-2H3. The van der Waals surface area contributed by atoms with E-state index < -0.39 is 0 Å². The van der Waals surface area contributed by atoms with E-state index in [2.05, 4.69) is 71.5 Å². The van der Waals surface area contributed by atoms with Crippen LogP contribution >= 0.6 is 0 Å². The van der Waals surface area contributed by atoms with Crippen molar-refractivity contribution in [3.05, 3.63) is 47.5 Å². The third-order valence-corrected chi connectivity index (χ3v) is 3.88. The molecule has 0 radical (unpaired) electrons. The zero-order valence-corrected chi connectivity index (χ0v) is 11.6. The zero-order chi connectivity index (χ0) is 13.7. The second-order valence-corrected chi connectivity index (χ2v) is 5.59. The third-order valence-electron chi connectivity index (χ3n) is 3.88. The molecule has 0 bridgehead atoms. The fourth-order valence-corrected chi connectivity index (χ4v) is 2.94. The summed E-state index contributed by atoms with van der Waals surface area (Å²) in [5, 5.41) is 13.9. The van der Waals surface area contributed by atoms with Crippen molar-refractivity contribution in [3.8, 4) is 0 Å². The number of rotatable bonds is 1. The number of aryl methyl sites for hydroxylation is 1. The van der Waals surface area contributed by atoms with E-state index in [1.54, 1.807) is 0 Å². The summed E-state index contributed by atoms with van der Waals surface area (Å²) >= 11 is 0. The number of hydrogen-bond donors (Lipinski definition) is 4. The lowest BCUT2D eigenvalue weighted by atomic mass is 10.1. The summed E-state index contributed by atoms with van der Waals surface area (Å²) in [4.78, 5) is 0. The fraction of sp³-hybridized carbons (Fsp3) is 0.250. The average molecular weight is 266 g/mol. The Bertz CT molecular complexity index is 645. The summed E-state index contributed by atoms with van der Waals surface area (Å²) in [6, 6.07) is 12.9. The summed E-state index contributed by atoms with van der Waals surface area (Å²) in [5.74, 6) is 0. The SMILES string of the molecule is Cc1cccc(C2Nc3cc4c(cc3N2)NC(C)N4)c1. The molecular weight excluding hydrogens is 248 g/mol. The largest absolute Gasteiger partial charge is 0.364 e. The molecule has 2 aromatic rings. The van der Waals surface area contributed by atoms with E-state index in [-0.39, 0.29) is 6.17 Å². The van der Waals surface area contributed by atoms with Crippen LogP contribution in [0, 0.1) is 6.92 Å². The summed E-state index contributed by atoms with van der Waals surface area (Å²) in [5.41, 5.74) is 7.17. The lowest BCUT2D eigenvalue weighted by molar-refractivity contribution is 0.937. The molecule has 0 atom stereocenters. The molecule has 0 unspecified atom stereocenters. The van der Waals surface area contributed by atoms with Crippen molar-refractivity contribution in [3.63, 3.8) is 0 Å². The molecule has 4 nitrogen and oxygen atoms in total. The first-order chi connectivity index (χ1) is 9.69. The summed E-state index contributed by atoms with van der Waals surface area (Å²) < 4.78 is 0. The van der Waals surface area contributed by atoms with Crippen LogP contribution in [0.25, 0.3) is 0 Å². The second-order valence-electron chi connectivity index (χ2n) is 5.59. The van der Waals surface area contributed by atoms with E-state index in [0.717, 1.165) is 22.7 Å². The van der Waals surface area contributed by atoms with Crippen LogP contribution in [0.3, 0.4) is 0 Å². The maximum absolute atomic E-state index is 3.54. The second kappa shape index (κ2) is 4.07. The molecule has 4 rings (SSSR count). The molecule has 4 N–H and O–H groups in total. The molecule has 102 valence electrons. The first-order valence-corrected chi connectivity index (χ1v) is 7.00. The highest BCUT2D eigenvalue weighted by Gasteiger charge is 2.25. The third kappa shape index (κ3) is 1.76. The van der Waals surface area contributed by atoms with Crippen LogP contribution in [0.1, 0.15) is 24.2 Å². The number of fused-ring (bicyclic) bond motifs is 2. The molecule has 0 saturated heterocycles. The molecule has 0 aromatic heterocycles. The molecule has 4 heteroatoms. The van der Waals surface area contributed by atoms with Crippen molar-refractivity contribution in [1.82, 2.24) is 0 Å². The van der Waals surface area contributed by atoms with Crippen molar-refractivity contribution in [2.75, 3.05) is 21.3 Å². The smallest absolute Gasteiger partial charge is 0.123 e. The van der Waals surface area contributed by atoms with Gasteiger partial charge in [-0.1, -0.05) is 29.8 Å². The van der Waals surface area contributed by atoms with Gasteiger partial charge < -0.3 is 21.3 Å². The first kappa shape index (κ1) is 11.5. The lowest BCUT2D eigenvalue weighted by Gasteiger charge is -2.13. The minimum atomic E-state index is 0.143. The van der Waals surface area contributed by atoms with Gasteiger partial charge in [-0.05, 0) is 31.5 Å². The minimum Gasteiger partial charge on any atom is -0.364 e. The number of benzene rings is 2. The molecule has 0 spiro atoms. The van der Waals surface area contributed by atoms with E-state index in [9.17, 15) is 0 Å². The molecule has 20 heavy (non-hydrogen) atoms. The van der Waals surface area contributed by atoms with Crippen LogP contribution in [-0.2, 0) is 0 Å². The summed E-state index contributed by atoms with van der Waals surface area (Å²) in [7, 11) is 0. The Balaban J connectivity index is 1.65. The highest BCUT2D eigenvalue weighted by molar-refractivity contribution is 5.88. The predicted octanol–water partition coefficient (Wildman–Crippen LogP) is 3.71. The minimum absolute atomic E-state index is 0.143. The Hall–Kier alpha value is -2.36. The summed E-state index contributed by atoms with van der Waals surface area (Å²) in [6.07, 6.45) is 0.435. The quantitative estimate of drug-likeness (QED) is 0.635.